The first-order valence-corrected chi connectivity index (χ1v) is 14.1. The Hall–Kier alpha value is -5.55. The molecule has 1 unspecified atom stereocenters. The summed E-state index contributed by atoms with van der Waals surface area (Å²) in [6.45, 7) is 2.14. The predicted octanol–water partition coefficient (Wildman–Crippen LogP) is 8.74. The predicted molar refractivity (Wildman–Crippen MR) is 169 cm³/mol. The first-order chi connectivity index (χ1) is 20.8. The molecular weight excluding hydrogens is 514 g/mol. The molecule has 0 fully saturated rings. The summed E-state index contributed by atoms with van der Waals surface area (Å²) in [7, 11) is 0. The van der Waals surface area contributed by atoms with Gasteiger partial charge in [-0.2, -0.15) is 0 Å². The van der Waals surface area contributed by atoms with E-state index in [-0.39, 0.29) is 6.04 Å². The summed E-state index contributed by atoms with van der Waals surface area (Å²) in [5, 5.41) is 8.82. The van der Waals surface area contributed by atoms with Gasteiger partial charge >= 0.3 is 0 Å². The van der Waals surface area contributed by atoms with Crippen molar-refractivity contribution in [1.29, 1.82) is 0 Å². The Morgan fingerprint density at radius 1 is 0.619 bits per heavy atom. The lowest BCUT2D eigenvalue weighted by atomic mass is 10.0. The van der Waals surface area contributed by atoms with E-state index in [1.807, 2.05) is 29.2 Å². The summed E-state index contributed by atoms with van der Waals surface area (Å²) in [5.41, 5.74) is 11.0. The minimum atomic E-state index is 0.0173. The van der Waals surface area contributed by atoms with Crippen LogP contribution in [0.25, 0.3) is 50.6 Å². The van der Waals surface area contributed by atoms with Crippen molar-refractivity contribution in [3.63, 3.8) is 0 Å². The zero-order valence-electron chi connectivity index (χ0n) is 23.2. The largest absolute Gasteiger partial charge is 0.309 e. The van der Waals surface area contributed by atoms with E-state index in [0.29, 0.717) is 0 Å². The topological polar surface area (TPSA) is 48.5 Å². The number of rotatable bonds is 7. The molecule has 0 aliphatic rings. The molecule has 3 aromatic heterocycles. The molecule has 7 aromatic rings. The molecule has 0 aliphatic heterocycles. The third-order valence-electron chi connectivity index (χ3n) is 7.70. The van der Waals surface area contributed by atoms with Crippen LogP contribution in [0.4, 0.5) is 0 Å². The summed E-state index contributed by atoms with van der Waals surface area (Å²) < 4.78 is 4.29. The van der Waals surface area contributed by atoms with Gasteiger partial charge in [0.05, 0.1) is 23.6 Å². The molecule has 5 nitrogen and oxygen atoms in total. The molecule has 3 heterocycles. The maximum Gasteiger partial charge on any atom is 0.114 e. The Morgan fingerprint density at radius 2 is 1.24 bits per heavy atom. The lowest BCUT2D eigenvalue weighted by molar-refractivity contribution is 0.543. The normalized spacial score (nSPS) is 11.8. The van der Waals surface area contributed by atoms with Crippen LogP contribution in [0.15, 0.2) is 152 Å². The average molecular weight is 544 g/mol. The highest BCUT2D eigenvalue weighted by Crippen LogP contribution is 2.41. The Balaban J connectivity index is 1.34. The van der Waals surface area contributed by atoms with E-state index in [1.165, 1.54) is 27.9 Å². The van der Waals surface area contributed by atoms with Gasteiger partial charge in [-0.15, -0.1) is 5.10 Å². The van der Waals surface area contributed by atoms with Crippen molar-refractivity contribution in [2.75, 3.05) is 0 Å². The van der Waals surface area contributed by atoms with Crippen LogP contribution in [0.1, 0.15) is 18.5 Å². The minimum absolute atomic E-state index is 0.0173. The number of nitrogens with zero attached hydrogens (tertiary/aromatic N) is 5. The highest BCUT2D eigenvalue weighted by Gasteiger charge is 2.21. The molecule has 0 N–H and O–H groups in total. The zero-order valence-corrected chi connectivity index (χ0v) is 23.2. The maximum absolute atomic E-state index is 4.43. The van der Waals surface area contributed by atoms with Crippen LogP contribution in [0, 0.1) is 0 Å². The van der Waals surface area contributed by atoms with Gasteiger partial charge in [0.2, 0.25) is 0 Å². The van der Waals surface area contributed by atoms with Crippen molar-refractivity contribution in [3.05, 3.63) is 158 Å². The lowest BCUT2D eigenvalue weighted by Crippen LogP contribution is -2.08. The van der Waals surface area contributed by atoms with Crippen molar-refractivity contribution >= 4 is 0 Å². The van der Waals surface area contributed by atoms with Crippen LogP contribution in [-0.4, -0.2) is 24.5 Å². The molecule has 1 atom stereocenters. The van der Waals surface area contributed by atoms with E-state index in [4.69, 9.17) is 0 Å². The number of hydrogen-bond acceptors (Lipinski definition) is 3. The van der Waals surface area contributed by atoms with Crippen LogP contribution in [0.3, 0.4) is 0 Å². The smallest absolute Gasteiger partial charge is 0.114 e. The molecule has 4 aromatic carbocycles. The molecule has 5 heteroatoms. The van der Waals surface area contributed by atoms with E-state index in [1.54, 1.807) is 6.20 Å². The number of aromatic nitrogens is 5. The molecule has 0 aliphatic carbocycles. The number of benzene rings is 4. The van der Waals surface area contributed by atoms with Crippen molar-refractivity contribution in [3.8, 4) is 50.6 Å². The van der Waals surface area contributed by atoms with Gasteiger partial charge in [0.15, 0.2) is 0 Å². The zero-order chi connectivity index (χ0) is 28.3. The van der Waals surface area contributed by atoms with Gasteiger partial charge in [0, 0.05) is 29.2 Å². The first kappa shape index (κ1) is 25.4. The standard InChI is InChI=1S/C37H29N5/c1-27(41-26-35(39-40-41)32-18-11-23-38-25-32)28-19-21-33(22-20-28)42-36(30-14-7-3-8-15-30)24-34(29-12-5-2-6-13-29)37(42)31-16-9-4-10-17-31/h2-27H,1H3. The average Bonchev–Trinajstić information content (AvgIpc) is 3.73. The molecule has 0 radical (unpaired) electrons. The number of hydrogen-bond donors (Lipinski definition) is 0. The molecular formula is C37H29N5. The molecule has 0 bridgehead atoms. The fourth-order valence-electron chi connectivity index (χ4n) is 5.49. The summed E-state index contributed by atoms with van der Waals surface area (Å²) in [6, 6.07) is 46.9. The van der Waals surface area contributed by atoms with Gasteiger partial charge in [0.25, 0.3) is 0 Å². The molecule has 202 valence electrons. The molecule has 0 saturated carbocycles. The second kappa shape index (κ2) is 11.1. The van der Waals surface area contributed by atoms with E-state index in [2.05, 4.69) is 148 Å². The summed E-state index contributed by atoms with van der Waals surface area (Å²) in [5.74, 6) is 0. The third-order valence-corrected chi connectivity index (χ3v) is 7.70. The fraction of sp³-hybridized carbons (Fsp3) is 0.0541. The Labute approximate surface area is 245 Å². The Bertz CT molecular complexity index is 1910. The van der Waals surface area contributed by atoms with Gasteiger partial charge in [-0.05, 0) is 59.5 Å². The Kier molecular flexibility index (Phi) is 6.74. The monoisotopic (exact) mass is 543 g/mol. The summed E-state index contributed by atoms with van der Waals surface area (Å²) in [6.07, 6.45) is 5.55. The lowest BCUT2D eigenvalue weighted by Gasteiger charge is -2.17. The quantitative estimate of drug-likeness (QED) is 0.202. The van der Waals surface area contributed by atoms with Crippen LogP contribution in [-0.2, 0) is 0 Å². The molecule has 7 rings (SSSR count). The van der Waals surface area contributed by atoms with Gasteiger partial charge in [-0.25, -0.2) is 4.68 Å². The van der Waals surface area contributed by atoms with Crippen molar-refractivity contribution < 1.29 is 0 Å². The summed E-state index contributed by atoms with van der Waals surface area (Å²) >= 11 is 0. The fourth-order valence-corrected chi connectivity index (χ4v) is 5.49. The van der Waals surface area contributed by atoms with E-state index < -0.39 is 0 Å². The highest BCUT2D eigenvalue weighted by atomic mass is 15.4. The van der Waals surface area contributed by atoms with Crippen LogP contribution in [0.5, 0.6) is 0 Å². The van der Waals surface area contributed by atoms with Crippen LogP contribution < -0.4 is 0 Å². The SMILES string of the molecule is CC(c1ccc(-n2c(-c3ccccc3)cc(-c3ccccc3)c2-c2ccccc2)cc1)n1cc(-c2cccnc2)nn1. The van der Waals surface area contributed by atoms with E-state index in [0.717, 1.165) is 28.2 Å². The van der Waals surface area contributed by atoms with Crippen molar-refractivity contribution in [2.45, 2.75) is 13.0 Å². The van der Waals surface area contributed by atoms with Gasteiger partial charge in [0.1, 0.15) is 5.69 Å². The van der Waals surface area contributed by atoms with Crippen molar-refractivity contribution in [2.24, 2.45) is 0 Å². The Morgan fingerprint density at radius 3 is 1.88 bits per heavy atom. The van der Waals surface area contributed by atoms with Crippen molar-refractivity contribution in [1.82, 2.24) is 24.5 Å². The molecule has 0 amide bonds. The van der Waals surface area contributed by atoms with Crippen LogP contribution in [0.2, 0.25) is 0 Å². The third kappa shape index (κ3) is 4.82. The maximum atomic E-state index is 4.43. The molecule has 0 saturated heterocycles. The van der Waals surface area contributed by atoms with Gasteiger partial charge < -0.3 is 4.57 Å². The highest BCUT2D eigenvalue weighted by molar-refractivity contribution is 5.88. The second-order valence-electron chi connectivity index (χ2n) is 10.3. The first-order valence-electron chi connectivity index (χ1n) is 14.1. The summed E-state index contributed by atoms with van der Waals surface area (Å²) in [4.78, 5) is 4.21. The second-order valence-corrected chi connectivity index (χ2v) is 10.3. The van der Waals surface area contributed by atoms with E-state index in [9.17, 15) is 0 Å². The van der Waals surface area contributed by atoms with E-state index >= 15 is 0 Å². The van der Waals surface area contributed by atoms with Crippen LogP contribution >= 0.6 is 0 Å². The minimum Gasteiger partial charge on any atom is -0.309 e. The van der Waals surface area contributed by atoms with Gasteiger partial charge in [-0.1, -0.05) is 108 Å². The molecule has 42 heavy (non-hydrogen) atoms. The number of pyridine rings is 1. The van der Waals surface area contributed by atoms with Gasteiger partial charge in [-0.3, -0.25) is 4.98 Å². The molecule has 0 spiro atoms.